The highest BCUT2D eigenvalue weighted by molar-refractivity contribution is 9.10. The summed E-state index contributed by atoms with van der Waals surface area (Å²) in [6.45, 7) is 2.59. The summed E-state index contributed by atoms with van der Waals surface area (Å²) in [5.74, 6) is 0.524. The third-order valence-electron chi connectivity index (χ3n) is 2.45. The molecular weight excluding hydrogens is 306 g/mol. The van der Waals surface area contributed by atoms with Crippen LogP contribution in [0, 0.1) is 11.3 Å². The maximum absolute atomic E-state index is 9.16. The minimum Gasteiger partial charge on any atom is -0.491 e. The topological polar surface area (TPSA) is 58.8 Å². The van der Waals surface area contributed by atoms with E-state index in [0.717, 1.165) is 16.5 Å². The zero-order valence-electron chi connectivity index (χ0n) is 10.4. The number of nitriles is 1. The molecule has 0 fully saturated rings. The van der Waals surface area contributed by atoms with E-state index in [2.05, 4.69) is 32.0 Å². The predicted octanol–water partition coefficient (Wildman–Crippen LogP) is 3.57. The lowest BCUT2D eigenvalue weighted by molar-refractivity contribution is 0.315. The maximum Gasteiger partial charge on any atom is 0.155 e. The highest BCUT2D eigenvalue weighted by atomic mass is 79.9. The monoisotopic (exact) mass is 317 g/mol. The maximum atomic E-state index is 9.16. The second-order valence-corrected chi connectivity index (χ2v) is 4.83. The second kappa shape index (κ2) is 6.30. The number of nitrogens with zero attached hydrogens (tertiary/aromatic N) is 3. The first-order valence-electron chi connectivity index (χ1n) is 5.88. The number of rotatable bonds is 4. The third kappa shape index (κ3) is 3.30. The number of hydrogen-bond acceptors (Lipinski definition) is 4. The first-order valence-corrected chi connectivity index (χ1v) is 6.67. The second-order valence-electron chi connectivity index (χ2n) is 3.92. The van der Waals surface area contributed by atoms with Crippen molar-refractivity contribution in [2.45, 2.75) is 13.3 Å². The molecule has 0 bridgehead atoms. The molecule has 2 aromatic rings. The van der Waals surface area contributed by atoms with E-state index in [9.17, 15) is 0 Å². The van der Waals surface area contributed by atoms with E-state index in [-0.39, 0.29) is 0 Å². The molecule has 2 aromatic heterocycles. The fourth-order valence-corrected chi connectivity index (χ4v) is 1.93. The van der Waals surface area contributed by atoms with Gasteiger partial charge in [0.25, 0.3) is 0 Å². The van der Waals surface area contributed by atoms with E-state index in [0.29, 0.717) is 23.6 Å². The van der Waals surface area contributed by atoms with Gasteiger partial charge in [0.2, 0.25) is 0 Å². The van der Waals surface area contributed by atoms with Crippen molar-refractivity contribution in [3.05, 3.63) is 40.8 Å². The summed E-state index contributed by atoms with van der Waals surface area (Å²) in [5, 5.41) is 9.16. The molecule has 4 nitrogen and oxygen atoms in total. The van der Waals surface area contributed by atoms with Crippen molar-refractivity contribution in [3.8, 4) is 23.1 Å². The average molecular weight is 318 g/mol. The highest BCUT2D eigenvalue weighted by Gasteiger charge is 2.08. The van der Waals surface area contributed by atoms with Gasteiger partial charge >= 0.3 is 0 Å². The summed E-state index contributed by atoms with van der Waals surface area (Å²) in [6, 6.07) is 5.75. The zero-order valence-corrected chi connectivity index (χ0v) is 12.0. The van der Waals surface area contributed by atoms with Crippen molar-refractivity contribution in [3.63, 3.8) is 0 Å². The van der Waals surface area contributed by atoms with Gasteiger partial charge in [-0.25, -0.2) is 0 Å². The largest absolute Gasteiger partial charge is 0.491 e. The van der Waals surface area contributed by atoms with E-state index in [1.54, 1.807) is 24.7 Å². The molecule has 0 saturated carbocycles. The Morgan fingerprint density at radius 1 is 1.32 bits per heavy atom. The van der Waals surface area contributed by atoms with Crippen LogP contribution in [0.3, 0.4) is 0 Å². The Morgan fingerprint density at radius 2 is 2.16 bits per heavy atom. The molecule has 2 heterocycles. The minimum absolute atomic E-state index is 0.485. The molecule has 0 spiro atoms. The van der Waals surface area contributed by atoms with Crippen molar-refractivity contribution < 1.29 is 4.74 Å². The normalized spacial score (nSPS) is 9.95. The number of halogens is 1. The van der Waals surface area contributed by atoms with Crippen LogP contribution in [0.1, 0.15) is 18.9 Å². The molecule has 96 valence electrons. The number of pyridine rings is 2. The minimum atomic E-state index is 0.485. The highest BCUT2D eigenvalue weighted by Crippen LogP contribution is 2.25. The van der Waals surface area contributed by atoms with E-state index in [1.807, 2.05) is 13.0 Å². The van der Waals surface area contributed by atoms with Crippen molar-refractivity contribution in [1.82, 2.24) is 9.97 Å². The van der Waals surface area contributed by atoms with Gasteiger partial charge in [-0.2, -0.15) is 5.26 Å². The first-order chi connectivity index (χ1) is 9.24. The average Bonchev–Trinajstić information content (AvgIpc) is 2.45. The molecular formula is C14H12BrN3O. The van der Waals surface area contributed by atoms with Crippen LogP contribution in [0.5, 0.6) is 5.75 Å². The number of ether oxygens (including phenoxy) is 1. The lowest BCUT2D eigenvalue weighted by Crippen LogP contribution is -1.98. The van der Waals surface area contributed by atoms with Crippen molar-refractivity contribution in [1.29, 1.82) is 5.26 Å². The van der Waals surface area contributed by atoms with Crippen LogP contribution in [0.25, 0.3) is 11.3 Å². The molecule has 0 aliphatic heterocycles. The van der Waals surface area contributed by atoms with Crippen LogP contribution < -0.4 is 4.74 Å². The van der Waals surface area contributed by atoms with E-state index in [1.165, 1.54) is 0 Å². The van der Waals surface area contributed by atoms with Crippen molar-refractivity contribution >= 4 is 15.9 Å². The molecule has 0 radical (unpaired) electrons. The van der Waals surface area contributed by atoms with Gasteiger partial charge in [0.05, 0.1) is 24.1 Å². The summed E-state index contributed by atoms with van der Waals surface area (Å²) in [7, 11) is 0. The fourth-order valence-electron chi connectivity index (χ4n) is 1.57. The van der Waals surface area contributed by atoms with Crippen LogP contribution in [-0.2, 0) is 0 Å². The number of hydrogen-bond donors (Lipinski definition) is 0. The summed E-state index contributed by atoms with van der Waals surface area (Å²) in [4.78, 5) is 8.40. The number of aromatic nitrogens is 2. The van der Waals surface area contributed by atoms with Gasteiger partial charge in [-0.1, -0.05) is 6.92 Å². The van der Waals surface area contributed by atoms with Gasteiger partial charge in [-0.3, -0.25) is 9.97 Å². The fraction of sp³-hybridized carbons (Fsp3) is 0.214. The van der Waals surface area contributed by atoms with Gasteiger partial charge in [0, 0.05) is 22.4 Å². The quantitative estimate of drug-likeness (QED) is 0.865. The lowest BCUT2D eigenvalue weighted by Gasteiger charge is -2.07. The van der Waals surface area contributed by atoms with Crippen molar-refractivity contribution in [2.75, 3.05) is 6.61 Å². The Bertz CT molecular complexity index is 622. The van der Waals surface area contributed by atoms with Crippen LogP contribution in [0.2, 0.25) is 0 Å². The van der Waals surface area contributed by atoms with E-state index in [4.69, 9.17) is 10.00 Å². The van der Waals surface area contributed by atoms with Crippen molar-refractivity contribution in [2.24, 2.45) is 0 Å². The van der Waals surface area contributed by atoms with Gasteiger partial charge in [0.15, 0.2) is 5.75 Å². The van der Waals surface area contributed by atoms with Crippen LogP contribution in [0.15, 0.2) is 35.2 Å². The SMILES string of the molecule is CCCOc1cnc(-c2cncc(Br)c2)cc1C#N. The molecule has 0 aromatic carbocycles. The van der Waals surface area contributed by atoms with Crippen LogP contribution in [-0.4, -0.2) is 16.6 Å². The lowest BCUT2D eigenvalue weighted by atomic mass is 10.1. The molecule has 0 N–H and O–H groups in total. The van der Waals surface area contributed by atoms with E-state index >= 15 is 0 Å². The van der Waals surface area contributed by atoms with Gasteiger partial charge in [-0.05, 0) is 34.5 Å². The smallest absolute Gasteiger partial charge is 0.155 e. The Kier molecular flexibility index (Phi) is 4.48. The molecule has 19 heavy (non-hydrogen) atoms. The molecule has 0 aliphatic carbocycles. The molecule has 0 unspecified atom stereocenters. The summed E-state index contributed by atoms with van der Waals surface area (Å²) >= 11 is 3.36. The predicted molar refractivity (Wildman–Crippen MR) is 75.7 cm³/mol. The summed E-state index contributed by atoms with van der Waals surface area (Å²) in [6.07, 6.45) is 5.89. The van der Waals surface area contributed by atoms with Gasteiger partial charge < -0.3 is 4.74 Å². The Morgan fingerprint density at radius 3 is 2.84 bits per heavy atom. The van der Waals surface area contributed by atoms with Gasteiger partial charge in [-0.15, -0.1) is 0 Å². The van der Waals surface area contributed by atoms with Crippen LogP contribution >= 0.6 is 15.9 Å². The summed E-state index contributed by atoms with van der Waals surface area (Å²) < 4.78 is 6.35. The molecule has 0 amide bonds. The third-order valence-corrected chi connectivity index (χ3v) is 2.88. The molecule has 0 atom stereocenters. The molecule has 5 heteroatoms. The van der Waals surface area contributed by atoms with Crippen LogP contribution in [0.4, 0.5) is 0 Å². The standard InChI is InChI=1S/C14H12BrN3O/c1-2-3-19-14-9-18-13(5-10(14)6-16)11-4-12(15)8-17-7-11/h4-5,7-9H,2-3H2,1H3. The van der Waals surface area contributed by atoms with Gasteiger partial charge in [0.1, 0.15) is 6.07 Å². The molecule has 2 rings (SSSR count). The Hall–Kier alpha value is -1.93. The Balaban J connectivity index is 2.37. The summed E-state index contributed by atoms with van der Waals surface area (Å²) in [5.41, 5.74) is 2.04. The zero-order chi connectivity index (χ0) is 13.7. The molecule has 0 aliphatic rings. The Labute approximate surface area is 120 Å². The first kappa shape index (κ1) is 13.5. The van der Waals surface area contributed by atoms with E-state index < -0.39 is 0 Å². The molecule has 0 saturated heterocycles.